The predicted molar refractivity (Wildman–Crippen MR) is 95.0 cm³/mol. The minimum absolute atomic E-state index is 0.112. The number of ether oxygens (including phenoxy) is 1. The van der Waals surface area contributed by atoms with Gasteiger partial charge in [0.25, 0.3) is 5.91 Å². The lowest BCUT2D eigenvalue weighted by molar-refractivity contribution is -0.885. The fourth-order valence-electron chi connectivity index (χ4n) is 2.71. The fourth-order valence-corrected chi connectivity index (χ4v) is 2.71. The number of quaternary nitrogens is 1. The van der Waals surface area contributed by atoms with Gasteiger partial charge in [-0.05, 0) is 47.1 Å². The number of carbonyl (C=O) groups is 3. The molecule has 0 aliphatic carbocycles. The van der Waals surface area contributed by atoms with Gasteiger partial charge >= 0.3 is 5.97 Å². The molecule has 0 aliphatic rings. The average Bonchev–Trinajstić information content (AvgIpc) is 2.77. The molecule has 0 fully saturated rings. The molecule has 1 heterocycles. The van der Waals surface area contributed by atoms with E-state index in [1.807, 2.05) is 20.8 Å². The number of aryl methyl sites for hydroxylation is 1. The Hall–Kier alpha value is -2.15. The van der Waals surface area contributed by atoms with Crippen LogP contribution in [0.3, 0.4) is 0 Å². The van der Waals surface area contributed by atoms with Crippen molar-refractivity contribution >= 4 is 17.7 Å². The standard InChI is InChI=1S/C18H29N3O4/c1-10-14(17(24)25-8)11(2)19-15(10)16(23)12(3)21(7)9-13(22)20-18(4,5)6/h12,19H,9H2,1-8H3,(H,20,22)/p+1/t12-/m1/s1. The maximum absolute atomic E-state index is 12.8. The van der Waals surface area contributed by atoms with Gasteiger partial charge < -0.3 is 19.9 Å². The molecular formula is C18H30N3O4+. The van der Waals surface area contributed by atoms with Crippen molar-refractivity contribution in [3.8, 4) is 0 Å². The van der Waals surface area contributed by atoms with Gasteiger partial charge in [0, 0.05) is 11.2 Å². The number of esters is 1. The molecule has 0 spiro atoms. The van der Waals surface area contributed by atoms with Crippen LogP contribution in [0.15, 0.2) is 0 Å². The molecule has 0 aromatic carbocycles. The van der Waals surface area contributed by atoms with E-state index < -0.39 is 12.0 Å². The number of Topliss-reactive ketones (excluding diaryl/α,β-unsaturated/α-hetero) is 1. The second-order valence-corrected chi connectivity index (χ2v) is 7.52. The Labute approximate surface area is 149 Å². The molecule has 0 aliphatic heterocycles. The lowest BCUT2D eigenvalue weighted by Crippen LogP contribution is -3.14. The molecule has 0 bridgehead atoms. The summed E-state index contributed by atoms with van der Waals surface area (Å²) in [5.41, 5.74) is 1.64. The van der Waals surface area contributed by atoms with Gasteiger partial charge in [0.1, 0.15) is 0 Å². The fraction of sp³-hybridized carbons (Fsp3) is 0.611. The number of hydrogen-bond acceptors (Lipinski definition) is 4. The number of carbonyl (C=O) groups excluding carboxylic acids is 3. The second kappa shape index (κ2) is 7.82. The third-order valence-electron chi connectivity index (χ3n) is 4.16. The van der Waals surface area contributed by atoms with Crippen LogP contribution in [0.25, 0.3) is 0 Å². The van der Waals surface area contributed by atoms with Crippen molar-refractivity contribution in [1.29, 1.82) is 0 Å². The van der Waals surface area contributed by atoms with Gasteiger partial charge in [-0.25, -0.2) is 4.79 Å². The van der Waals surface area contributed by atoms with Gasteiger partial charge in [-0.2, -0.15) is 0 Å². The number of rotatable bonds is 6. The second-order valence-electron chi connectivity index (χ2n) is 7.52. The molecule has 0 radical (unpaired) electrons. The molecule has 140 valence electrons. The van der Waals surface area contributed by atoms with Crippen LogP contribution in [-0.2, 0) is 9.53 Å². The Balaban J connectivity index is 2.93. The zero-order chi connectivity index (χ0) is 19.5. The normalized spacial score (nSPS) is 13.9. The monoisotopic (exact) mass is 352 g/mol. The molecule has 7 heteroatoms. The molecule has 25 heavy (non-hydrogen) atoms. The molecule has 3 N–H and O–H groups in total. The molecule has 0 saturated heterocycles. The average molecular weight is 352 g/mol. The molecule has 1 aromatic rings. The van der Waals surface area contributed by atoms with E-state index in [1.54, 1.807) is 27.8 Å². The maximum atomic E-state index is 12.8. The van der Waals surface area contributed by atoms with E-state index in [-0.39, 0.29) is 23.8 Å². The van der Waals surface area contributed by atoms with E-state index in [9.17, 15) is 14.4 Å². The van der Waals surface area contributed by atoms with E-state index in [0.717, 1.165) is 4.90 Å². The number of amides is 1. The number of nitrogens with one attached hydrogen (secondary N) is 3. The zero-order valence-corrected chi connectivity index (χ0v) is 16.4. The Morgan fingerprint density at radius 1 is 1.24 bits per heavy atom. The molecule has 0 saturated carbocycles. The maximum Gasteiger partial charge on any atom is 0.339 e. The van der Waals surface area contributed by atoms with Gasteiger partial charge in [-0.15, -0.1) is 0 Å². The topological polar surface area (TPSA) is 92.7 Å². The summed E-state index contributed by atoms with van der Waals surface area (Å²) in [5.74, 6) is -0.723. The Kier molecular flexibility index (Phi) is 6.54. The summed E-state index contributed by atoms with van der Waals surface area (Å²) >= 11 is 0. The van der Waals surface area contributed by atoms with Crippen molar-refractivity contribution in [2.75, 3.05) is 20.7 Å². The van der Waals surface area contributed by atoms with Gasteiger partial charge in [0.05, 0.1) is 25.4 Å². The van der Waals surface area contributed by atoms with Crippen LogP contribution in [-0.4, -0.2) is 54.9 Å². The third-order valence-corrected chi connectivity index (χ3v) is 4.16. The first-order valence-corrected chi connectivity index (χ1v) is 8.34. The first-order chi connectivity index (χ1) is 11.4. The smallest absolute Gasteiger partial charge is 0.339 e. The summed E-state index contributed by atoms with van der Waals surface area (Å²) in [6.07, 6.45) is 0. The number of methoxy groups -OCH3 is 1. The third kappa shape index (κ3) is 5.16. The molecular weight excluding hydrogens is 322 g/mol. The van der Waals surface area contributed by atoms with Crippen LogP contribution in [0.4, 0.5) is 0 Å². The van der Waals surface area contributed by atoms with Crippen LogP contribution < -0.4 is 10.2 Å². The van der Waals surface area contributed by atoms with E-state index >= 15 is 0 Å². The van der Waals surface area contributed by atoms with Crippen LogP contribution >= 0.6 is 0 Å². The van der Waals surface area contributed by atoms with Crippen molar-refractivity contribution < 1.29 is 24.0 Å². The van der Waals surface area contributed by atoms with E-state index in [2.05, 4.69) is 10.3 Å². The van der Waals surface area contributed by atoms with Gasteiger partial charge in [0.2, 0.25) is 5.78 Å². The van der Waals surface area contributed by atoms with E-state index in [4.69, 9.17) is 4.74 Å². The molecule has 1 rings (SSSR count). The van der Waals surface area contributed by atoms with Crippen LogP contribution in [0, 0.1) is 13.8 Å². The van der Waals surface area contributed by atoms with Gasteiger partial charge in [-0.1, -0.05) is 0 Å². The zero-order valence-electron chi connectivity index (χ0n) is 16.4. The summed E-state index contributed by atoms with van der Waals surface area (Å²) in [6, 6.07) is -0.437. The summed E-state index contributed by atoms with van der Waals surface area (Å²) in [4.78, 5) is 40.5. The minimum Gasteiger partial charge on any atom is -0.465 e. The number of aromatic amines is 1. The lowest BCUT2D eigenvalue weighted by Gasteiger charge is -2.24. The number of likely N-dealkylation sites (N-methyl/N-ethyl adjacent to an activating group) is 1. The number of hydrogen-bond donors (Lipinski definition) is 3. The Bertz CT molecular complexity index is 671. The van der Waals surface area contributed by atoms with Crippen LogP contribution in [0.2, 0.25) is 0 Å². The summed E-state index contributed by atoms with van der Waals surface area (Å²) in [5, 5.41) is 2.89. The highest BCUT2D eigenvalue weighted by Crippen LogP contribution is 2.19. The van der Waals surface area contributed by atoms with E-state index in [0.29, 0.717) is 22.5 Å². The number of ketones is 1. The molecule has 2 atom stereocenters. The van der Waals surface area contributed by atoms with Gasteiger partial charge in [0.15, 0.2) is 12.6 Å². The highest BCUT2D eigenvalue weighted by Gasteiger charge is 2.30. The first kappa shape index (κ1) is 20.9. The predicted octanol–water partition coefficient (Wildman–Crippen LogP) is 0.419. The Morgan fingerprint density at radius 3 is 2.28 bits per heavy atom. The SMILES string of the molecule is COC(=O)c1c(C)[nH]c(C(=O)[C@@H](C)[NH+](C)CC(=O)NC(C)(C)C)c1C. The highest BCUT2D eigenvalue weighted by atomic mass is 16.5. The van der Waals surface area contributed by atoms with Crippen molar-refractivity contribution in [3.05, 3.63) is 22.5 Å². The van der Waals surface area contributed by atoms with Gasteiger partial charge in [-0.3, -0.25) is 9.59 Å². The van der Waals surface area contributed by atoms with Crippen molar-refractivity contribution in [2.24, 2.45) is 0 Å². The first-order valence-electron chi connectivity index (χ1n) is 8.34. The number of aromatic nitrogens is 1. The van der Waals surface area contributed by atoms with Crippen LogP contribution in [0.1, 0.15) is 59.8 Å². The summed E-state index contributed by atoms with van der Waals surface area (Å²) < 4.78 is 4.77. The van der Waals surface area contributed by atoms with Crippen molar-refractivity contribution in [1.82, 2.24) is 10.3 Å². The quantitative estimate of drug-likeness (QED) is 0.511. The summed E-state index contributed by atoms with van der Waals surface area (Å²) in [6.45, 7) is 11.1. The van der Waals surface area contributed by atoms with Crippen LogP contribution in [0.5, 0.6) is 0 Å². The number of H-pyrrole nitrogens is 1. The molecule has 1 amide bonds. The lowest BCUT2D eigenvalue weighted by atomic mass is 10.0. The van der Waals surface area contributed by atoms with Crippen molar-refractivity contribution in [3.63, 3.8) is 0 Å². The highest BCUT2D eigenvalue weighted by molar-refractivity contribution is 6.03. The minimum atomic E-state index is -0.469. The van der Waals surface area contributed by atoms with Crippen molar-refractivity contribution in [2.45, 2.75) is 53.1 Å². The largest absolute Gasteiger partial charge is 0.465 e. The molecule has 7 nitrogen and oxygen atoms in total. The molecule has 1 unspecified atom stereocenters. The van der Waals surface area contributed by atoms with E-state index in [1.165, 1.54) is 7.11 Å². The summed E-state index contributed by atoms with van der Waals surface area (Å²) in [7, 11) is 3.11. The molecule has 1 aromatic heterocycles. The Morgan fingerprint density at radius 2 is 1.80 bits per heavy atom.